The summed E-state index contributed by atoms with van der Waals surface area (Å²) in [4.78, 5) is 51.7. The molecule has 1 amide bonds. The number of fused-ring (bicyclic) bond motifs is 1. The second-order valence-corrected chi connectivity index (χ2v) is 9.93. The number of nitrogens with zero attached hydrogens (tertiary/aromatic N) is 3. The largest absolute Gasteiger partial charge is 0.481 e. The zero-order chi connectivity index (χ0) is 27.7. The number of nitro groups is 1. The number of pyridine rings is 1. The number of aliphatic carboxylic acids is 1. The average Bonchev–Trinajstić information content (AvgIpc) is 3.37. The van der Waals surface area contributed by atoms with Gasteiger partial charge in [0.15, 0.2) is 0 Å². The number of rotatable bonds is 7. The number of nitrogens with one attached hydrogen (secondary N) is 1. The molecule has 1 atom stereocenters. The highest BCUT2D eigenvalue weighted by molar-refractivity contribution is 9.10. The minimum atomic E-state index is -1.14. The first-order chi connectivity index (χ1) is 18.7. The number of carbonyl (C=O) groups excluding carboxylic acids is 1. The molecule has 11 heteroatoms. The van der Waals surface area contributed by atoms with Crippen molar-refractivity contribution in [3.8, 4) is 11.1 Å². The second kappa shape index (κ2) is 10.6. The third-order valence-corrected chi connectivity index (χ3v) is 7.00. The van der Waals surface area contributed by atoms with Crippen LogP contribution >= 0.6 is 15.9 Å². The lowest BCUT2D eigenvalue weighted by molar-refractivity contribution is -0.385. The zero-order valence-electron chi connectivity index (χ0n) is 20.3. The van der Waals surface area contributed by atoms with Crippen molar-refractivity contribution in [3.05, 3.63) is 109 Å². The van der Waals surface area contributed by atoms with E-state index in [0.29, 0.717) is 22.4 Å². The molecule has 0 saturated heterocycles. The van der Waals surface area contributed by atoms with Gasteiger partial charge in [-0.25, -0.2) is 5.01 Å². The van der Waals surface area contributed by atoms with E-state index >= 15 is 0 Å². The molecule has 39 heavy (non-hydrogen) atoms. The van der Waals surface area contributed by atoms with E-state index in [1.807, 2.05) is 42.5 Å². The molecule has 0 unspecified atom stereocenters. The Bertz CT molecular complexity index is 1720. The number of carboxylic acids is 1. The summed E-state index contributed by atoms with van der Waals surface area (Å²) in [6, 6.07) is 19.9. The number of aromatic nitrogens is 1. The number of hydrogen-bond acceptors (Lipinski definition) is 6. The maximum Gasteiger partial charge on any atom is 0.303 e. The molecule has 2 N–H and O–H groups in total. The van der Waals surface area contributed by atoms with Crippen LogP contribution in [-0.2, 0) is 9.59 Å². The maximum atomic E-state index is 13.6. The molecule has 1 aliphatic heterocycles. The van der Waals surface area contributed by atoms with Gasteiger partial charge in [-0.05, 0) is 29.3 Å². The van der Waals surface area contributed by atoms with E-state index in [4.69, 9.17) is 5.11 Å². The molecule has 10 nitrogen and oxygen atoms in total. The number of carboxylic acid groups (broad SMARTS) is 1. The number of H-pyrrole nitrogens is 1. The molecular formula is C28H21BrN4O6. The molecule has 4 aromatic rings. The van der Waals surface area contributed by atoms with Crippen molar-refractivity contribution >= 4 is 50.1 Å². The van der Waals surface area contributed by atoms with Gasteiger partial charge in [-0.1, -0.05) is 58.4 Å². The maximum absolute atomic E-state index is 13.6. The van der Waals surface area contributed by atoms with Crippen LogP contribution in [0.3, 0.4) is 0 Å². The summed E-state index contributed by atoms with van der Waals surface area (Å²) in [5.41, 5.74) is 2.51. The first kappa shape index (κ1) is 26.0. The number of benzene rings is 3. The van der Waals surface area contributed by atoms with Crippen LogP contribution in [0, 0.1) is 10.1 Å². The molecule has 0 radical (unpaired) electrons. The molecular weight excluding hydrogens is 568 g/mol. The molecule has 3 aromatic carbocycles. The van der Waals surface area contributed by atoms with Gasteiger partial charge in [0.25, 0.3) is 11.2 Å². The molecule has 0 bridgehead atoms. The molecule has 0 saturated carbocycles. The van der Waals surface area contributed by atoms with Crippen LogP contribution in [0.2, 0.25) is 0 Å². The van der Waals surface area contributed by atoms with Crippen molar-refractivity contribution in [3.63, 3.8) is 0 Å². The highest BCUT2D eigenvalue weighted by Crippen LogP contribution is 2.38. The Morgan fingerprint density at radius 1 is 1.05 bits per heavy atom. The molecule has 2 heterocycles. The summed E-state index contributed by atoms with van der Waals surface area (Å²) in [7, 11) is 0. The van der Waals surface area contributed by atoms with Crippen molar-refractivity contribution in [2.24, 2.45) is 5.10 Å². The Labute approximate surface area is 229 Å². The second-order valence-electron chi connectivity index (χ2n) is 9.01. The van der Waals surface area contributed by atoms with Gasteiger partial charge in [-0.3, -0.25) is 24.5 Å². The van der Waals surface area contributed by atoms with Gasteiger partial charge in [-0.2, -0.15) is 5.10 Å². The molecule has 0 spiro atoms. The number of non-ortho nitro benzene ring substituents is 1. The van der Waals surface area contributed by atoms with Gasteiger partial charge >= 0.3 is 5.97 Å². The SMILES string of the molecule is O=C(O)CCC(=O)N1N=C(c2c(-c3ccccc3)c3cc(Br)ccc3[nH]c2=O)C[C@@H]1c1cccc([N+](=O)[O-])c1. The van der Waals surface area contributed by atoms with E-state index in [9.17, 15) is 24.5 Å². The van der Waals surface area contributed by atoms with Gasteiger partial charge in [0.2, 0.25) is 5.91 Å². The number of halogens is 1. The Balaban J connectivity index is 1.70. The third-order valence-electron chi connectivity index (χ3n) is 6.51. The number of hydrazone groups is 1. The lowest BCUT2D eigenvalue weighted by atomic mass is 9.91. The average molecular weight is 589 g/mol. The van der Waals surface area contributed by atoms with Crippen LogP contribution in [0.4, 0.5) is 5.69 Å². The van der Waals surface area contributed by atoms with Crippen molar-refractivity contribution < 1.29 is 19.6 Å². The Morgan fingerprint density at radius 3 is 2.54 bits per heavy atom. The van der Waals surface area contributed by atoms with Crippen molar-refractivity contribution in [2.45, 2.75) is 25.3 Å². The highest BCUT2D eigenvalue weighted by Gasteiger charge is 2.36. The van der Waals surface area contributed by atoms with Crippen LogP contribution in [0.15, 0.2) is 87.2 Å². The summed E-state index contributed by atoms with van der Waals surface area (Å²) in [5, 5.41) is 27.0. The number of aromatic amines is 1. The minimum Gasteiger partial charge on any atom is -0.481 e. The fourth-order valence-corrected chi connectivity index (χ4v) is 5.13. The number of amides is 1. The third kappa shape index (κ3) is 5.21. The Hall–Kier alpha value is -4.64. The van der Waals surface area contributed by atoms with Crippen LogP contribution in [-0.4, -0.2) is 37.6 Å². The fourth-order valence-electron chi connectivity index (χ4n) is 4.77. The summed E-state index contributed by atoms with van der Waals surface area (Å²) in [6.45, 7) is 0. The lowest BCUT2D eigenvalue weighted by Gasteiger charge is -2.21. The van der Waals surface area contributed by atoms with Crippen LogP contribution < -0.4 is 5.56 Å². The van der Waals surface area contributed by atoms with Crippen LogP contribution in [0.25, 0.3) is 22.0 Å². The molecule has 5 rings (SSSR count). The number of hydrogen-bond donors (Lipinski definition) is 2. The number of carbonyl (C=O) groups is 2. The minimum absolute atomic E-state index is 0.0996. The van der Waals surface area contributed by atoms with Crippen molar-refractivity contribution in [2.75, 3.05) is 0 Å². The quantitative estimate of drug-likeness (QED) is 0.218. The molecule has 1 aromatic heterocycles. The Morgan fingerprint density at radius 2 is 1.82 bits per heavy atom. The molecule has 0 fully saturated rings. The first-order valence-corrected chi connectivity index (χ1v) is 12.8. The topological polar surface area (TPSA) is 146 Å². The van der Waals surface area contributed by atoms with Crippen LogP contribution in [0.1, 0.15) is 36.4 Å². The molecule has 1 aliphatic rings. The standard InChI is InChI=1S/C28H21BrN4O6/c29-18-9-10-21-20(14-18)26(16-5-2-1-3-6-16)27(28(37)30-21)22-15-23(17-7-4-8-19(13-17)33(38)39)32(31-22)24(34)11-12-25(35)36/h1-10,13-14,23H,11-12,15H2,(H,30,37)(H,35,36)/t23-/m1/s1. The summed E-state index contributed by atoms with van der Waals surface area (Å²) in [6.07, 6.45) is -0.617. The smallest absolute Gasteiger partial charge is 0.303 e. The predicted molar refractivity (Wildman–Crippen MR) is 148 cm³/mol. The van der Waals surface area contributed by atoms with Crippen LogP contribution in [0.5, 0.6) is 0 Å². The van der Waals surface area contributed by atoms with E-state index in [0.717, 1.165) is 20.4 Å². The van der Waals surface area contributed by atoms with Gasteiger partial charge in [0.1, 0.15) is 0 Å². The van der Waals surface area contributed by atoms with Crippen molar-refractivity contribution in [1.82, 2.24) is 9.99 Å². The fraction of sp³-hybridized carbons (Fsp3) is 0.143. The predicted octanol–water partition coefficient (Wildman–Crippen LogP) is 5.41. The highest BCUT2D eigenvalue weighted by atomic mass is 79.9. The van der Waals surface area contributed by atoms with Gasteiger partial charge < -0.3 is 10.1 Å². The van der Waals surface area contributed by atoms with Gasteiger partial charge in [-0.15, -0.1) is 0 Å². The molecule has 196 valence electrons. The van der Waals surface area contributed by atoms with E-state index in [2.05, 4.69) is 26.0 Å². The first-order valence-electron chi connectivity index (χ1n) is 12.0. The van der Waals surface area contributed by atoms with Crippen molar-refractivity contribution in [1.29, 1.82) is 0 Å². The summed E-state index contributed by atoms with van der Waals surface area (Å²) < 4.78 is 0.804. The van der Waals surface area contributed by atoms with Gasteiger partial charge in [0.05, 0.1) is 28.7 Å². The van der Waals surface area contributed by atoms with E-state index in [-0.39, 0.29) is 24.1 Å². The normalized spacial score (nSPS) is 14.8. The summed E-state index contributed by atoms with van der Waals surface area (Å²) in [5.74, 6) is -1.70. The lowest BCUT2D eigenvalue weighted by Crippen LogP contribution is -2.27. The molecule has 0 aliphatic carbocycles. The van der Waals surface area contributed by atoms with E-state index in [1.165, 1.54) is 18.2 Å². The Kier molecular flexibility index (Phi) is 7.07. The van der Waals surface area contributed by atoms with E-state index < -0.39 is 34.8 Å². The monoisotopic (exact) mass is 588 g/mol. The number of nitro benzene ring substituents is 1. The zero-order valence-corrected chi connectivity index (χ0v) is 21.9. The van der Waals surface area contributed by atoms with E-state index in [1.54, 1.807) is 12.1 Å². The summed E-state index contributed by atoms with van der Waals surface area (Å²) >= 11 is 3.50. The van der Waals surface area contributed by atoms with Gasteiger partial charge in [0, 0.05) is 45.9 Å².